The summed E-state index contributed by atoms with van der Waals surface area (Å²) in [6, 6.07) is 8.56. The summed E-state index contributed by atoms with van der Waals surface area (Å²) in [6.07, 6.45) is 24.4. The van der Waals surface area contributed by atoms with Gasteiger partial charge >= 0.3 is 11.9 Å². The van der Waals surface area contributed by atoms with Gasteiger partial charge in [0, 0.05) is 41.9 Å². The standard InChI is InChI=1S/C45H60O8/c1-6-7-8-9-10-11-12-13-14-15-16-17-18-19-23-26-37(47)53-45-38(42(45,4)5)35-28-33(30-46)29-43(50)36(27-31(2)39(43)48)44(35,51)32(3)40(45)52-41(49)34-24-21-20-22-25-34/h7-8,10-11,13-14,20-22,24-25,27-28,32,35-36,38,40,46,50-51H,6,9,12,15-19,23,26,29-30H2,1-5H3/b8-7-,11-10-,14-13-/t32-,35+,36-,38-,40-,43-,44-,45-/m1/s1. The zero-order valence-corrected chi connectivity index (χ0v) is 32.3. The smallest absolute Gasteiger partial charge is 0.338 e. The van der Waals surface area contributed by atoms with E-state index in [9.17, 15) is 29.7 Å². The minimum atomic E-state index is -1.97. The van der Waals surface area contributed by atoms with E-state index in [2.05, 4.69) is 43.4 Å². The van der Waals surface area contributed by atoms with Crippen molar-refractivity contribution in [3.63, 3.8) is 0 Å². The molecule has 2 saturated carbocycles. The lowest BCUT2D eigenvalue weighted by atomic mass is 9.59. The number of unbranched alkanes of at least 4 members (excludes halogenated alkanes) is 5. The molecule has 0 aromatic heterocycles. The fraction of sp³-hybridized carbons (Fsp3) is 0.578. The number of esters is 2. The van der Waals surface area contributed by atoms with E-state index in [1.165, 1.54) is 0 Å². The summed E-state index contributed by atoms with van der Waals surface area (Å²) in [5, 5.41) is 35.4. The predicted octanol–water partition coefficient (Wildman–Crippen LogP) is 7.94. The van der Waals surface area contributed by atoms with Crippen molar-refractivity contribution in [1.82, 2.24) is 0 Å². The van der Waals surface area contributed by atoms with Crippen molar-refractivity contribution in [3.05, 3.63) is 95.6 Å². The Balaban J connectivity index is 1.29. The van der Waals surface area contributed by atoms with Crippen LogP contribution >= 0.6 is 0 Å². The van der Waals surface area contributed by atoms with Crippen molar-refractivity contribution >= 4 is 17.7 Å². The Hall–Kier alpha value is -3.59. The first-order valence-corrected chi connectivity index (χ1v) is 19.7. The second-order valence-corrected chi connectivity index (χ2v) is 16.2. The van der Waals surface area contributed by atoms with E-state index in [1.807, 2.05) is 13.8 Å². The Bertz CT molecular complexity index is 1630. The fourth-order valence-electron chi connectivity index (χ4n) is 9.71. The van der Waals surface area contributed by atoms with E-state index >= 15 is 0 Å². The van der Waals surface area contributed by atoms with Gasteiger partial charge in [-0.2, -0.15) is 0 Å². The van der Waals surface area contributed by atoms with Crippen molar-refractivity contribution in [2.24, 2.45) is 29.1 Å². The fourth-order valence-corrected chi connectivity index (χ4v) is 9.71. The second kappa shape index (κ2) is 16.8. The summed E-state index contributed by atoms with van der Waals surface area (Å²) >= 11 is 0. The van der Waals surface area contributed by atoms with Crippen LogP contribution in [0.15, 0.2) is 90.1 Å². The minimum absolute atomic E-state index is 0.133. The highest BCUT2D eigenvalue weighted by Gasteiger charge is 2.88. The van der Waals surface area contributed by atoms with Crippen LogP contribution in [0.2, 0.25) is 0 Å². The summed E-state index contributed by atoms with van der Waals surface area (Å²) in [4.78, 5) is 40.9. The van der Waals surface area contributed by atoms with Gasteiger partial charge in [0.2, 0.25) is 0 Å². The molecule has 1 aromatic rings. The van der Waals surface area contributed by atoms with Crippen molar-refractivity contribution < 1.29 is 39.2 Å². The van der Waals surface area contributed by atoms with E-state index in [4.69, 9.17) is 9.47 Å². The molecule has 0 heterocycles. The normalized spacial score (nSPS) is 32.9. The number of hydrogen-bond acceptors (Lipinski definition) is 8. The maximum atomic E-state index is 13.7. The molecule has 0 amide bonds. The van der Waals surface area contributed by atoms with Gasteiger partial charge in [0.1, 0.15) is 11.7 Å². The van der Waals surface area contributed by atoms with E-state index in [0.717, 1.165) is 51.4 Å². The van der Waals surface area contributed by atoms with Crippen LogP contribution in [-0.4, -0.2) is 62.6 Å². The third-order valence-corrected chi connectivity index (χ3v) is 12.5. The number of Topliss-reactive ketones (excluding diaryl/α,β-unsaturated/α-hetero) is 1. The van der Waals surface area contributed by atoms with Gasteiger partial charge < -0.3 is 24.8 Å². The summed E-state index contributed by atoms with van der Waals surface area (Å²) in [5.41, 5.74) is -4.69. The molecule has 0 bridgehead atoms. The molecule has 8 heteroatoms. The van der Waals surface area contributed by atoms with E-state index in [1.54, 1.807) is 56.3 Å². The van der Waals surface area contributed by atoms with Gasteiger partial charge in [0.05, 0.1) is 17.8 Å². The maximum absolute atomic E-state index is 13.7. The molecule has 2 fully saturated rings. The van der Waals surface area contributed by atoms with E-state index in [-0.39, 0.29) is 18.8 Å². The number of allylic oxidation sites excluding steroid dienone is 6. The lowest BCUT2D eigenvalue weighted by molar-refractivity contribution is -0.219. The number of fused-ring (bicyclic) bond motifs is 5. The number of ketones is 1. The van der Waals surface area contributed by atoms with Crippen molar-refractivity contribution in [1.29, 1.82) is 0 Å². The lowest BCUT2D eigenvalue weighted by Crippen LogP contribution is -2.66. The van der Waals surface area contributed by atoms with Crippen molar-refractivity contribution in [3.8, 4) is 0 Å². The first-order chi connectivity index (χ1) is 25.3. The van der Waals surface area contributed by atoms with Crippen molar-refractivity contribution in [2.75, 3.05) is 6.61 Å². The summed E-state index contributed by atoms with van der Waals surface area (Å²) in [5.74, 6) is -4.63. The van der Waals surface area contributed by atoms with Crippen LogP contribution in [0.25, 0.3) is 0 Å². The minimum Gasteiger partial charge on any atom is -0.454 e. The second-order valence-electron chi connectivity index (χ2n) is 16.2. The monoisotopic (exact) mass is 728 g/mol. The Morgan fingerprint density at radius 1 is 0.906 bits per heavy atom. The van der Waals surface area contributed by atoms with E-state index in [0.29, 0.717) is 23.1 Å². The number of rotatable bonds is 17. The van der Waals surface area contributed by atoms with Crippen LogP contribution in [0.5, 0.6) is 0 Å². The third-order valence-electron chi connectivity index (χ3n) is 12.5. The number of ether oxygens (including phenoxy) is 2. The molecule has 4 aliphatic rings. The lowest BCUT2D eigenvalue weighted by Gasteiger charge is -2.53. The average molecular weight is 729 g/mol. The van der Waals surface area contributed by atoms with Crippen molar-refractivity contribution in [2.45, 2.75) is 128 Å². The van der Waals surface area contributed by atoms with Gasteiger partial charge in [0.15, 0.2) is 11.4 Å². The molecule has 53 heavy (non-hydrogen) atoms. The Kier molecular flexibility index (Phi) is 12.9. The van der Waals surface area contributed by atoms with Gasteiger partial charge in [0.25, 0.3) is 0 Å². The number of aliphatic hydroxyl groups is 3. The van der Waals surface area contributed by atoms with Gasteiger partial charge in [-0.3, -0.25) is 9.59 Å². The highest BCUT2D eigenvalue weighted by atomic mass is 16.6. The quantitative estimate of drug-likeness (QED) is 0.0838. The van der Waals surface area contributed by atoms with Gasteiger partial charge in [-0.05, 0) is 68.7 Å². The molecule has 8 atom stereocenters. The van der Waals surface area contributed by atoms with Crippen LogP contribution in [0.3, 0.4) is 0 Å². The summed E-state index contributed by atoms with van der Waals surface area (Å²) in [6.45, 7) is 9.00. The number of carbonyl (C=O) groups excluding carboxylic acids is 3. The maximum Gasteiger partial charge on any atom is 0.338 e. The zero-order valence-electron chi connectivity index (χ0n) is 32.3. The number of benzene rings is 1. The first kappa shape index (κ1) is 40.6. The largest absolute Gasteiger partial charge is 0.454 e. The van der Waals surface area contributed by atoms with Gasteiger partial charge in [-0.15, -0.1) is 0 Å². The molecule has 0 spiro atoms. The summed E-state index contributed by atoms with van der Waals surface area (Å²) < 4.78 is 12.8. The molecule has 4 aliphatic carbocycles. The molecular formula is C45H60O8. The average Bonchev–Trinajstić information content (AvgIpc) is 3.56. The molecule has 0 aliphatic heterocycles. The van der Waals surface area contributed by atoms with Crippen LogP contribution in [0.1, 0.15) is 116 Å². The molecule has 3 N–H and O–H groups in total. The highest BCUT2D eigenvalue weighted by molar-refractivity contribution is 6.05. The Morgan fingerprint density at radius 3 is 2.23 bits per heavy atom. The van der Waals surface area contributed by atoms with Crippen LogP contribution in [-0.2, 0) is 19.1 Å². The molecule has 5 rings (SSSR count). The SMILES string of the molecule is CC/C=C\C/C=C\C/C=C\CCCCCCCC(=O)O[C@@]12[C@H](OC(=O)c3ccccc3)[C@@H](C)[C@@]3(O)[C@@H](C=C(CO)C[C@]4(O)C(=O)C(C)=C[C@@H]34)[C@@H]1C2(C)C. The first-order valence-electron chi connectivity index (χ1n) is 19.7. The van der Waals surface area contributed by atoms with Crippen LogP contribution in [0.4, 0.5) is 0 Å². The molecule has 288 valence electrons. The molecule has 0 unspecified atom stereocenters. The topological polar surface area (TPSA) is 130 Å². The molecular weight excluding hydrogens is 668 g/mol. The zero-order chi connectivity index (χ0) is 38.4. The number of carbonyl (C=O) groups is 3. The Morgan fingerprint density at radius 2 is 1.55 bits per heavy atom. The summed E-state index contributed by atoms with van der Waals surface area (Å²) in [7, 11) is 0. The molecule has 0 radical (unpaired) electrons. The van der Waals surface area contributed by atoms with Gasteiger partial charge in [-0.25, -0.2) is 4.79 Å². The third kappa shape index (κ3) is 7.69. The molecule has 0 saturated heterocycles. The number of hydrogen-bond donors (Lipinski definition) is 3. The molecule has 8 nitrogen and oxygen atoms in total. The predicted molar refractivity (Wildman–Crippen MR) is 206 cm³/mol. The Labute approximate surface area is 315 Å². The highest BCUT2D eigenvalue weighted by Crippen LogP contribution is 2.77. The van der Waals surface area contributed by atoms with E-state index < -0.39 is 70.4 Å². The van der Waals surface area contributed by atoms with Gasteiger partial charge in [-0.1, -0.05) is 114 Å². The number of aliphatic hydroxyl groups excluding tert-OH is 1. The van der Waals surface area contributed by atoms with Crippen LogP contribution in [0, 0.1) is 29.1 Å². The van der Waals surface area contributed by atoms with Crippen LogP contribution < -0.4 is 0 Å². The molecule has 1 aromatic carbocycles.